The maximum atomic E-state index is 13.9. The number of nitrogens with one attached hydrogen (secondary N) is 2. The van der Waals surface area contributed by atoms with Crippen molar-refractivity contribution in [1.82, 2.24) is 10.6 Å². The van der Waals surface area contributed by atoms with Crippen molar-refractivity contribution in [1.29, 1.82) is 0 Å². The van der Waals surface area contributed by atoms with Gasteiger partial charge in [-0.3, -0.25) is 4.79 Å². The van der Waals surface area contributed by atoms with Crippen LogP contribution in [0.15, 0.2) is 91.0 Å². The van der Waals surface area contributed by atoms with Gasteiger partial charge in [0.1, 0.15) is 17.5 Å². The monoisotopic (exact) mass is 546 g/mol. The van der Waals surface area contributed by atoms with Gasteiger partial charge in [-0.2, -0.15) is 0 Å². The first-order chi connectivity index (χ1) is 19.3. The van der Waals surface area contributed by atoms with E-state index in [2.05, 4.69) is 29.7 Å². The van der Waals surface area contributed by atoms with E-state index in [9.17, 15) is 23.1 Å². The van der Waals surface area contributed by atoms with Crippen molar-refractivity contribution in [3.63, 3.8) is 0 Å². The molecule has 4 nitrogen and oxygen atoms in total. The zero-order valence-corrected chi connectivity index (χ0v) is 22.3. The standard InChI is InChI=1S/C33H33F3N2O2/c1-2-22-5-3-7-25(13-22)20-37-21-32(39)31(18-26-16-29(35)19-30(36)17-26)38-33(40)27-8-4-6-24(15-27)14-23-9-11-28(34)12-10-23/h3-13,15-17,19,31-32,37,39H,2,14,18,20-21H2,1H3,(H,38,40)/t31-,32-/m0/s1. The first kappa shape index (κ1) is 29.1. The van der Waals surface area contributed by atoms with E-state index in [4.69, 9.17) is 0 Å². The number of aliphatic hydroxyl groups is 1. The average Bonchev–Trinajstić information content (AvgIpc) is 2.93. The van der Waals surface area contributed by atoms with E-state index >= 15 is 0 Å². The number of hydrogen-bond acceptors (Lipinski definition) is 3. The van der Waals surface area contributed by atoms with Gasteiger partial charge in [0, 0.05) is 24.7 Å². The number of carbonyl (C=O) groups is 1. The van der Waals surface area contributed by atoms with Gasteiger partial charge in [0.2, 0.25) is 0 Å². The topological polar surface area (TPSA) is 61.4 Å². The van der Waals surface area contributed by atoms with Crippen LogP contribution in [-0.2, 0) is 25.8 Å². The van der Waals surface area contributed by atoms with Crippen molar-refractivity contribution >= 4 is 5.91 Å². The summed E-state index contributed by atoms with van der Waals surface area (Å²) >= 11 is 0. The molecule has 2 atom stereocenters. The summed E-state index contributed by atoms with van der Waals surface area (Å²) < 4.78 is 41.0. The van der Waals surface area contributed by atoms with Gasteiger partial charge in [0.05, 0.1) is 12.1 Å². The van der Waals surface area contributed by atoms with Crippen molar-refractivity contribution in [2.75, 3.05) is 6.54 Å². The highest BCUT2D eigenvalue weighted by molar-refractivity contribution is 5.94. The van der Waals surface area contributed by atoms with Gasteiger partial charge in [-0.25, -0.2) is 13.2 Å². The van der Waals surface area contributed by atoms with Gasteiger partial charge in [-0.05, 0) is 83.5 Å². The highest BCUT2D eigenvalue weighted by Crippen LogP contribution is 2.15. The van der Waals surface area contributed by atoms with E-state index in [1.165, 1.54) is 29.8 Å². The van der Waals surface area contributed by atoms with Crippen LogP contribution >= 0.6 is 0 Å². The van der Waals surface area contributed by atoms with E-state index in [1.807, 2.05) is 18.2 Å². The molecule has 7 heteroatoms. The number of carbonyl (C=O) groups excluding carboxylic acids is 1. The molecule has 0 fully saturated rings. The summed E-state index contributed by atoms with van der Waals surface area (Å²) in [6, 6.07) is 23.7. The molecule has 0 heterocycles. The zero-order valence-electron chi connectivity index (χ0n) is 22.3. The van der Waals surface area contributed by atoms with Gasteiger partial charge < -0.3 is 15.7 Å². The number of benzene rings is 4. The van der Waals surface area contributed by atoms with E-state index < -0.39 is 29.7 Å². The van der Waals surface area contributed by atoms with Crippen LogP contribution in [-0.4, -0.2) is 29.7 Å². The summed E-state index contributed by atoms with van der Waals surface area (Å²) in [4.78, 5) is 13.3. The summed E-state index contributed by atoms with van der Waals surface area (Å²) in [6.07, 6.45) is 0.426. The largest absolute Gasteiger partial charge is 0.390 e. The van der Waals surface area contributed by atoms with Gasteiger partial charge in [-0.1, -0.05) is 55.5 Å². The average molecular weight is 547 g/mol. The molecule has 208 valence electrons. The minimum Gasteiger partial charge on any atom is -0.390 e. The maximum absolute atomic E-state index is 13.9. The predicted molar refractivity (Wildman–Crippen MR) is 150 cm³/mol. The molecule has 0 radical (unpaired) electrons. The van der Waals surface area contributed by atoms with Crippen LogP contribution in [0.25, 0.3) is 0 Å². The molecule has 0 saturated carbocycles. The van der Waals surface area contributed by atoms with Crippen molar-refractivity contribution in [2.45, 2.75) is 44.9 Å². The quantitative estimate of drug-likeness (QED) is 0.212. The maximum Gasteiger partial charge on any atom is 0.251 e. The number of aryl methyl sites for hydroxylation is 1. The summed E-state index contributed by atoms with van der Waals surface area (Å²) in [7, 11) is 0. The summed E-state index contributed by atoms with van der Waals surface area (Å²) in [6.45, 7) is 2.76. The predicted octanol–water partition coefficient (Wildman–Crippen LogP) is 5.75. The lowest BCUT2D eigenvalue weighted by Crippen LogP contribution is -2.48. The minimum absolute atomic E-state index is 0.0316. The van der Waals surface area contributed by atoms with Crippen molar-refractivity contribution < 1.29 is 23.1 Å². The Balaban J connectivity index is 1.46. The normalized spacial score (nSPS) is 12.6. The Bertz CT molecular complexity index is 1410. The highest BCUT2D eigenvalue weighted by Gasteiger charge is 2.23. The lowest BCUT2D eigenvalue weighted by atomic mass is 9.99. The fraction of sp³-hybridized carbons (Fsp3) is 0.242. The third-order valence-corrected chi connectivity index (χ3v) is 6.75. The van der Waals surface area contributed by atoms with Gasteiger partial charge in [-0.15, -0.1) is 0 Å². The van der Waals surface area contributed by atoms with E-state index in [1.54, 1.807) is 30.3 Å². The molecule has 4 rings (SSSR count). The molecule has 0 aliphatic rings. The first-order valence-corrected chi connectivity index (χ1v) is 13.3. The van der Waals surface area contributed by atoms with Crippen LogP contribution in [0.5, 0.6) is 0 Å². The Labute approximate surface area is 232 Å². The third-order valence-electron chi connectivity index (χ3n) is 6.75. The molecule has 0 spiro atoms. The molecule has 4 aromatic rings. The number of rotatable bonds is 12. The summed E-state index contributed by atoms with van der Waals surface area (Å²) in [5.41, 5.74) is 4.74. The Hall–Kier alpha value is -3.94. The van der Waals surface area contributed by atoms with Gasteiger partial charge >= 0.3 is 0 Å². The van der Waals surface area contributed by atoms with Crippen LogP contribution in [0.1, 0.15) is 45.1 Å². The van der Waals surface area contributed by atoms with Gasteiger partial charge in [0.15, 0.2) is 0 Å². The number of amides is 1. The molecule has 4 aromatic carbocycles. The fourth-order valence-electron chi connectivity index (χ4n) is 4.64. The van der Waals surface area contributed by atoms with Crippen LogP contribution in [0.2, 0.25) is 0 Å². The summed E-state index contributed by atoms with van der Waals surface area (Å²) in [5.74, 6) is -2.19. The smallest absolute Gasteiger partial charge is 0.251 e. The molecule has 0 unspecified atom stereocenters. The molecule has 0 saturated heterocycles. The molecule has 0 aliphatic carbocycles. The summed E-state index contributed by atoms with van der Waals surface area (Å²) in [5, 5.41) is 17.1. The SMILES string of the molecule is CCc1cccc(CNC[C@H](O)[C@H](Cc2cc(F)cc(F)c2)NC(=O)c2cccc(Cc3ccc(F)cc3)c2)c1. The van der Waals surface area contributed by atoms with E-state index in [-0.39, 0.29) is 18.8 Å². The van der Waals surface area contributed by atoms with Gasteiger partial charge in [0.25, 0.3) is 5.91 Å². The fourth-order valence-corrected chi connectivity index (χ4v) is 4.64. The molecule has 1 amide bonds. The molecular formula is C33H33F3N2O2. The Kier molecular flexibility index (Phi) is 10.1. The van der Waals surface area contributed by atoms with Crippen molar-refractivity contribution in [3.05, 3.63) is 142 Å². The minimum atomic E-state index is -1.04. The molecule has 0 aromatic heterocycles. The van der Waals surface area contributed by atoms with E-state index in [0.29, 0.717) is 24.1 Å². The molecule has 3 N–H and O–H groups in total. The highest BCUT2D eigenvalue weighted by atomic mass is 19.1. The Morgan fingerprint density at radius 3 is 2.15 bits per heavy atom. The zero-order chi connectivity index (χ0) is 28.5. The molecular weight excluding hydrogens is 513 g/mol. The van der Waals surface area contributed by atoms with Crippen LogP contribution < -0.4 is 10.6 Å². The van der Waals surface area contributed by atoms with Crippen molar-refractivity contribution in [3.8, 4) is 0 Å². The third kappa shape index (κ3) is 8.53. The van der Waals surface area contributed by atoms with E-state index in [0.717, 1.165) is 29.2 Å². The van der Waals surface area contributed by atoms with Crippen molar-refractivity contribution in [2.24, 2.45) is 0 Å². The lowest BCUT2D eigenvalue weighted by Gasteiger charge is -2.25. The number of hydrogen-bond donors (Lipinski definition) is 3. The molecule has 40 heavy (non-hydrogen) atoms. The Morgan fingerprint density at radius 1 is 0.750 bits per heavy atom. The number of aliphatic hydroxyl groups excluding tert-OH is 1. The van der Waals surface area contributed by atoms with Crippen LogP contribution in [0.3, 0.4) is 0 Å². The Morgan fingerprint density at radius 2 is 1.43 bits per heavy atom. The second-order valence-electron chi connectivity index (χ2n) is 9.94. The first-order valence-electron chi connectivity index (χ1n) is 13.3. The van der Waals surface area contributed by atoms with Crippen LogP contribution in [0.4, 0.5) is 13.2 Å². The second-order valence-corrected chi connectivity index (χ2v) is 9.94. The number of halogens is 3. The molecule has 0 aliphatic heterocycles. The second kappa shape index (κ2) is 13.9. The lowest BCUT2D eigenvalue weighted by molar-refractivity contribution is 0.0829. The van der Waals surface area contributed by atoms with Crippen LogP contribution in [0, 0.1) is 17.5 Å². The molecule has 0 bridgehead atoms.